The Hall–Kier alpha value is -3.56. The highest BCUT2D eigenvalue weighted by Gasteiger charge is 2.33. The molecule has 1 saturated carbocycles. The minimum Gasteiger partial charge on any atom is -0.497 e. The standard InChI is InChI=1S/C32H38ClN3O5S/c1-23-15-17-30(18-16-23)42(39,40)36(28-13-8-14-29(20-28)41-3)22-31(37)35(21-25-9-7-10-26(33)19-25)24(2)32(38)34-27-11-5-4-6-12-27/h7-10,13-20,24,27H,4-6,11-12,21-22H2,1-3H3,(H,34,38)/t24-/m1/s1. The molecule has 3 aromatic carbocycles. The smallest absolute Gasteiger partial charge is 0.264 e. The summed E-state index contributed by atoms with van der Waals surface area (Å²) < 4.78 is 34.4. The first-order valence-corrected chi connectivity index (χ1v) is 16.0. The Balaban J connectivity index is 1.69. The van der Waals surface area contributed by atoms with Crippen molar-refractivity contribution in [2.24, 2.45) is 0 Å². The third-order valence-electron chi connectivity index (χ3n) is 7.59. The number of rotatable bonds is 11. The topological polar surface area (TPSA) is 96.0 Å². The molecular formula is C32H38ClN3O5S. The minimum atomic E-state index is -4.16. The fourth-order valence-corrected chi connectivity index (χ4v) is 6.73. The molecule has 0 spiro atoms. The molecule has 42 heavy (non-hydrogen) atoms. The monoisotopic (exact) mass is 611 g/mol. The molecule has 0 bridgehead atoms. The molecule has 10 heteroatoms. The van der Waals surface area contributed by atoms with Crippen LogP contribution < -0.4 is 14.4 Å². The molecule has 0 aliphatic heterocycles. The van der Waals surface area contributed by atoms with Gasteiger partial charge in [-0.3, -0.25) is 13.9 Å². The summed E-state index contributed by atoms with van der Waals surface area (Å²) in [6.07, 6.45) is 5.06. The van der Waals surface area contributed by atoms with Gasteiger partial charge in [0, 0.05) is 23.7 Å². The van der Waals surface area contributed by atoms with Crippen LogP contribution in [0.3, 0.4) is 0 Å². The van der Waals surface area contributed by atoms with Gasteiger partial charge >= 0.3 is 0 Å². The van der Waals surface area contributed by atoms with Crippen LogP contribution >= 0.6 is 11.6 Å². The highest BCUT2D eigenvalue weighted by molar-refractivity contribution is 7.92. The van der Waals surface area contributed by atoms with Gasteiger partial charge in [-0.05, 0) is 68.7 Å². The number of aryl methyl sites for hydroxylation is 1. The second-order valence-corrected chi connectivity index (χ2v) is 13.0. The van der Waals surface area contributed by atoms with Gasteiger partial charge in [-0.25, -0.2) is 8.42 Å². The summed E-state index contributed by atoms with van der Waals surface area (Å²) in [5.74, 6) is -0.355. The second-order valence-electron chi connectivity index (χ2n) is 10.7. The molecule has 224 valence electrons. The summed E-state index contributed by atoms with van der Waals surface area (Å²) in [5.41, 5.74) is 1.90. The van der Waals surface area contributed by atoms with Gasteiger partial charge in [-0.15, -0.1) is 0 Å². The molecular weight excluding hydrogens is 574 g/mol. The van der Waals surface area contributed by atoms with Crippen LogP contribution in [0.15, 0.2) is 77.7 Å². The van der Waals surface area contributed by atoms with E-state index in [0.717, 1.165) is 47.5 Å². The van der Waals surface area contributed by atoms with Gasteiger partial charge in [0.25, 0.3) is 10.0 Å². The SMILES string of the molecule is COc1cccc(N(CC(=O)N(Cc2cccc(Cl)c2)[C@H](C)C(=O)NC2CCCCC2)S(=O)(=O)c2ccc(C)cc2)c1. The molecule has 2 amide bonds. The van der Waals surface area contributed by atoms with E-state index in [1.807, 2.05) is 13.0 Å². The zero-order valence-corrected chi connectivity index (χ0v) is 25.8. The van der Waals surface area contributed by atoms with E-state index in [4.69, 9.17) is 16.3 Å². The second kappa shape index (κ2) is 14.1. The highest BCUT2D eigenvalue weighted by Crippen LogP contribution is 2.28. The van der Waals surface area contributed by atoms with E-state index in [1.54, 1.807) is 61.5 Å². The fourth-order valence-electron chi connectivity index (χ4n) is 5.12. The van der Waals surface area contributed by atoms with Crippen molar-refractivity contribution < 1.29 is 22.7 Å². The molecule has 0 unspecified atom stereocenters. The van der Waals surface area contributed by atoms with Crippen LogP contribution in [0, 0.1) is 6.92 Å². The number of nitrogens with zero attached hydrogens (tertiary/aromatic N) is 2. The van der Waals surface area contributed by atoms with Crippen molar-refractivity contribution in [3.63, 3.8) is 0 Å². The van der Waals surface area contributed by atoms with Crippen molar-refractivity contribution in [1.29, 1.82) is 0 Å². The van der Waals surface area contributed by atoms with E-state index in [9.17, 15) is 18.0 Å². The van der Waals surface area contributed by atoms with E-state index in [1.165, 1.54) is 24.1 Å². The van der Waals surface area contributed by atoms with Crippen molar-refractivity contribution in [1.82, 2.24) is 10.2 Å². The maximum atomic E-state index is 14.1. The summed E-state index contributed by atoms with van der Waals surface area (Å²) >= 11 is 6.23. The molecule has 1 fully saturated rings. The normalized spacial score (nSPS) is 14.6. The lowest BCUT2D eigenvalue weighted by Crippen LogP contribution is -2.53. The number of carbonyl (C=O) groups excluding carboxylic acids is 2. The number of benzene rings is 3. The molecule has 0 heterocycles. The van der Waals surface area contributed by atoms with Gasteiger partial charge in [0.2, 0.25) is 11.8 Å². The quantitative estimate of drug-likeness (QED) is 0.299. The van der Waals surface area contributed by atoms with E-state index in [0.29, 0.717) is 10.8 Å². The molecule has 3 aromatic rings. The number of sulfonamides is 1. The number of methoxy groups -OCH3 is 1. The van der Waals surface area contributed by atoms with Gasteiger partial charge in [0.1, 0.15) is 18.3 Å². The summed E-state index contributed by atoms with van der Waals surface area (Å²) in [6.45, 7) is 3.10. The molecule has 1 aliphatic carbocycles. The van der Waals surface area contributed by atoms with Crippen LogP contribution in [0.2, 0.25) is 5.02 Å². The predicted molar refractivity (Wildman–Crippen MR) is 165 cm³/mol. The largest absolute Gasteiger partial charge is 0.497 e. The van der Waals surface area contributed by atoms with Gasteiger partial charge in [0.15, 0.2) is 0 Å². The maximum Gasteiger partial charge on any atom is 0.264 e. The Morgan fingerprint density at radius 2 is 1.69 bits per heavy atom. The lowest BCUT2D eigenvalue weighted by Gasteiger charge is -2.33. The van der Waals surface area contributed by atoms with Crippen LogP contribution in [0.25, 0.3) is 0 Å². The van der Waals surface area contributed by atoms with Crippen LogP contribution in [-0.4, -0.2) is 50.9 Å². The van der Waals surface area contributed by atoms with Crippen LogP contribution in [-0.2, 0) is 26.2 Å². The van der Waals surface area contributed by atoms with Crippen molar-refractivity contribution in [3.05, 3.63) is 88.9 Å². The zero-order chi connectivity index (χ0) is 30.3. The molecule has 0 saturated heterocycles. The van der Waals surface area contributed by atoms with Gasteiger partial charge in [-0.2, -0.15) is 0 Å². The van der Waals surface area contributed by atoms with Crippen molar-refractivity contribution in [3.8, 4) is 5.75 Å². The first kappa shape index (κ1) is 31.4. The Morgan fingerprint density at radius 3 is 2.36 bits per heavy atom. The van der Waals surface area contributed by atoms with Gasteiger partial charge in [0.05, 0.1) is 17.7 Å². The Kier molecular flexibility index (Phi) is 10.5. The number of halogens is 1. The van der Waals surface area contributed by atoms with Crippen molar-refractivity contribution >= 4 is 39.1 Å². The van der Waals surface area contributed by atoms with Crippen molar-refractivity contribution in [2.45, 2.75) is 69.5 Å². The summed E-state index contributed by atoms with van der Waals surface area (Å²) in [7, 11) is -2.68. The van der Waals surface area contributed by atoms with Crippen LogP contribution in [0.4, 0.5) is 5.69 Å². The Bertz CT molecular complexity index is 1490. The van der Waals surface area contributed by atoms with Crippen molar-refractivity contribution in [2.75, 3.05) is 18.0 Å². The number of amides is 2. The Labute approximate surface area is 253 Å². The number of carbonyl (C=O) groups is 2. The Morgan fingerprint density at radius 1 is 1.00 bits per heavy atom. The highest BCUT2D eigenvalue weighted by atomic mass is 35.5. The molecule has 4 rings (SSSR count). The van der Waals surface area contributed by atoms with E-state index in [2.05, 4.69) is 5.32 Å². The predicted octanol–water partition coefficient (Wildman–Crippen LogP) is 5.72. The molecule has 1 aliphatic rings. The molecule has 8 nitrogen and oxygen atoms in total. The lowest BCUT2D eigenvalue weighted by atomic mass is 9.95. The van der Waals surface area contributed by atoms with E-state index in [-0.39, 0.29) is 29.1 Å². The molecule has 0 radical (unpaired) electrons. The number of hydrogen-bond acceptors (Lipinski definition) is 5. The number of hydrogen-bond donors (Lipinski definition) is 1. The van der Waals surface area contributed by atoms with E-state index < -0.39 is 28.5 Å². The number of nitrogens with one attached hydrogen (secondary N) is 1. The minimum absolute atomic E-state index is 0.0493. The molecule has 1 N–H and O–H groups in total. The number of ether oxygens (including phenoxy) is 1. The zero-order valence-electron chi connectivity index (χ0n) is 24.3. The molecule has 0 aromatic heterocycles. The van der Waals surface area contributed by atoms with Crippen LogP contribution in [0.5, 0.6) is 5.75 Å². The summed E-state index contributed by atoms with van der Waals surface area (Å²) in [6, 6.07) is 19.3. The fraction of sp³-hybridized carbons (Fsp3) is 0.375. The maximum absolute atomic E-state index is 14.1. The first-order valence-electron chi connectivity index (χ1n) is 14.2. The molecule has 1 atom stereocenters. The summed E-state index contributed by atoms with van der Waals surface area (Å²) in [5, 5.41) is 3.60. The van der Waals surface area contributed by atoms with E-state index >= 15 is 0 Å². The average Bonchev–Trinajstić information content (AvgIpc) is 2.99. The van der Waals surface area contributed by atoms with Gasteiger partial charge in [-0.1, -0.05) is 66.8 Å². The average molecular weight is 612 g/mol. The number of anilines is 1. The third kappa shape index (κ3) is 7.83. The van der Waals surface area contributed by atoms with Gasteiger partial charge < -0.3 is 15.0 Å². The summed E-state index contributed by atoms with van der Waals surface area (Å²) in [4.78, 5) is 29.0. The first-order chi connectivity index (χ1) is 20.1. The van der Waals surface area contributed by atoms with Crippen LogP contribution in [0.1, 0.15) is 50.2 Å². The third-order valence-corrected chi connectivity index (χ3v) is 9.61. The lowest BCUT2D eigenvalue weighted by molar-refractivity contribution is -0.139.